The van der Waals surface area contributed by atoms with Crippen LogP contribution in [-0.2, 0) is 6.42 Å². The number of benzene rings is 2. The maximum Gasteiger partial charge on any atom is 0.133 e. The molecule has 2 aromatic carbocycles. The van der Waals surface area contributed by atoms with Crippen LogP contribution in [0.2, 0.25) is 0 Å². The minimum Gasteiger partial charge on any atom is -0.496 e. The molecule has 2 aromatic rings. The lowest BCUT2D eigenvalue weighted by molar-refractivity contribution is 0.404. The van der Waals surface area contributed by atoms with Crippen molar-refractivity contribution in [2.75, 3.05) is 7.11 Å². The Labute approximate surface area is 111 Å². The Bertz CT molecular complexity index is 587. The number of rotatable bonds is 2. The highest BCUT2D eigenvalue weighted by Gasteiger charge is 2.16. The fourth-order valence-corrected chi connectivity index (χ4v) is 3.31. The monoisotopic (exact) mass is 254 g/mol. The van der Waals surface area contributed by atoms with Crippen molar-refractivity contribution >= 4 is 16.7 Å². The highest BCUT2D eigenvalue weighted by molar-refractivity contribution is 8.08. The van der Waals surface area contributed by atoms with Crippen molar-refractivity contribution in [1.82, 2.24) is 0 Å². The number of hydrogen-bond donors (Lipinski definition) is 0. The molecule has 0 radical (unpaired) electrons. The van der Waals surface area contributed by atoms with Crippen LogP contribution in [0.4, 0.5) is 0 Å². The molecule has 0 amide bonds. The summed E-state index contributed by atoms with van der Waals surface area (Å²) in [7, 11) is 1.73. The molecule has 90 valence electrons. The van der Waals surface area contributed by atoms with Crippen LogP contribution < -0.4 is 4.74 Å². The summed E-state index contributed by atoms with van der Waals surface area (Å²) in [4.78, 5) is 2.56. The molecule has 0 aliphatic carbocycles. The van der Waals surface area contributed by atoms with Crippen LogP contribution in [-0.4, -0.2) is 7.11 Å². The van der Waals surface area contributed by atoms with Crippen molar-refractivity contribution in [3.05, 3.63) is 65.7 Å². The van der Waals surface area contributed by atoms with Crippen molar-refractivity contribution in [3.8, 4) is 5.75 Å². The SMILES string of the molecule is COc1cccc2c1SC(c1ccccc1)=CC2. The van der Waals surface area contributed by atoms with Gasteiger partial charge in [-0.3, -0.25) is 0 Å². The number of ether oxygens (including phenoxy) is 1. The normalized spacial score (nSPS) is 13.7. The highest BCUT2D eigenvalue weighted by Crippen LogP contribution is 2.44. The molecular formula is C16H14OS. The van der Waals surface area contributed by atoms with Gasteiger partial charge in [0.2, 0.25) is 0 Å². The smallest absolute Gasteiger partial charge is 0.133 e. The fourth-order valence-electron chi connectivity index (χ4n) is 2.13. The number of hydrogen-bond acceptors (Lipinski definition) is 2. The molecule has 0 N–H and O–H groups in total. The number of fused-ring (bicyclic) bond motifs is 1. The van der Waals surface area contributed by atoms with Gasteiger partial charge >= 0.3 is 0 Å². The molecular weight excluding hydrogens is 240 g/mol. The Balaban J connectivity index is 1.98. The maximum atomic E-state index is 5.45. The molecule has 0 atom stereocenters. The third kappa shape index (κ3) is 2.04. The molecule has 1 aliphatic heterocycles. The fraction of sp³-hybridized carbons (Fsp3) is 0.125. The Morgan fingerprint density at radius 3 is 2.61 bits per heavy atom. The zero-order valence-corrected chi connectivity index (χ0v) is 11.0. The second-order valence-corrected chi connectivity index (χ2v) is 5.24. The Hall–Kier alpha value is -1.67. The molecule has 0 saturated heterocycles. The second-order valence-electron chi connectivity index (χ2n) is 4.19. The van der Waals surface area contributed by atoms with Gasteiger partial charge in [-0.25, -0.2) is 0 Å². The lowest BCUT2D eigenvalue weighted by atomic mass is 10.1. The van der Waals surface area contributed by atoms with E-state index in [0.717, 1.165) is 12.2 Å². The molecule has 0 unspecified atom stereocenters. The zero-order chi connectivity index (χ0) is 12.4. The van der Waals surface area contributed by atoms with Gasteiger partial charge in [0.05, 0.1) is 12.0 Å². The zero-order valence-electron chi connectivity index (χ0n) is 10.2. The largest absolute Gasteiger partial charge is 0.496 e. The van der Waals surface area contributed by atoms with Crippen molar-refractivity contribution in [2.24, 2.45) is 0 Å². The molecule has 3 rings (SSSR count). The van der Waals surface area contributed by atoms with E-state index in [1.807, 2.05) is 12.1 Å². The molecule has 2 heteroatoms. The Morgan fingerprint density at radius 1 is 1.00 bits per heavy atom. The standard InChI is InChI=1S/C16H14OS/c1-17-14-9-5-8-13-10-11-15(18-16(13)14)12-6-3-2-4-7-12/h2-9,11H,10H2,1H3. The Morgan fingerprint density at radius 2 is 1.83 bits per heavy atom. The highest BCUT2D eigenvalue weighted by atomic mass is 32.2. The molecule has 1 aliphatic rings. The molecule has 0 bridgehead atoms. The van der Waals surface area contributed by atoms with Crippen LogP contribution in [0.5, 0.6) is 5.75 Å². The van der Waals surface area contributed by atoms with Gasteiger partial charge in [-0.15, -0.1) is 0 Å². The molecule has 0 saturated carbocycles. The second kappa shape index (κ2) is 4.91. The lowest BCUT2D eigenvalue weighted by Crippen LogP contribution is -1.97. The first-order valence-corrected chi connectivity index (χ1v) is 6.79. The molecule has 1 nitrogen and oxygen atoms in total. The van der Waals surface area contributed by atoms with Gasteiger partial charge in [-0.05, 0) is 23.6 Å². The van der Waals surface area contributed by atoms with E-state index in [1.165, 1.54) is 20.9 Å². The molecule has 18 heavy (non-hydrogen) atoms. The van der Waals surface area contributed by atoms with Crippen molar-refractivity contribution < 1.29 is 4.74 Å². The Kier molecular flexibility index (Phi) is 3.11. The van der Waals surface area contributed by atoms with Gasteiger partial charge in [0.25, 0.3) is 0 Å². The van der Waals surface area contributed by atoms with Crippen LogP contribution in [0.25, 0.3) is 4.91 Å². The van der Waals surface area contributed by atoms with E-state index in [4.69, 9.17) is 4.74 Å². The van der Waals surface area contributed by atoms with Crippen LogP contribution >= 0.6 is 11.8 Å². The predicted molar refractivity (Wildman–Crippen MR) is 77.0 cm³/mol. The average Bonchev–Trinajstić information content (AvgIpc) is 2.47. The molecule has 1 heterocycles. The third-order valence-electron chi connectivity index (χ3n) is 3.06. The predicted octanol–water partition coefficient (Wildman–Crippen LogP) is 4.38. The average molecular weight is 254 g/mol. The molecule has 0 fully saturated rings. The number of allylic oxidation sites excluding steroid dienone is 1. The van der Waals surface area contributed by atoms with Crippen molar-refractivity contribution in [1.29, 1.82) is 0 Å². The van der Waals surface area contributed by atoms with Crippen LogP contribution in [0.1, 0.15) is 11.1 Å². The number of thioether (sulfide) groups is 1. The summed E-state index contributed by atoms with van der Waals surface area (Å²) in [6, 6.07) is 16.8. The maximum absolute atomic E-state index is 5.45. The van der Waals surface area contributed by atoms with Crippen LogP contribution in [0.3, 0.4) is 0 Å². The van der Waals surface area contributed by atoms with Gasteiger partial charge < -0.3 is 4.74 Å². The van der Waals surface area contributed by atoms with E-state index < -0.39 is 0 Å². The summed E-state index contributed by atoms with van der Waals surface area (Å²) in [5.74, 6) is 0.971. The minimum absolute atomic E-state index is 0.971. The van der Waals surface area contributed by atoms with Gasteiger partial charge in [-0.2, -0.15) is 0 Å². The van der Waals surface area contributed by atoms with Crippen molar-refractivity contribution in [3.63, 3.8) is 0 Å². The van der Waals surface area contributed by atoms with E-state index in [9.17, 15) is 0 Å². The summed E-state index contributed by atoms with van der Waals surface area (Å²) >= 11 is 1.80. The van der Waals surface area contributed by atoms with Crippen molar-refractivity contribution in [2.45, 2.75) is 11.3 Å². The van der Waals surface area contributed by atoms with Gasteiger partial charge in [0, 0.05) is 4.91 Å². The first-order chi connectivity index (χ1) is 8.88. The first kappa shape index (κ1) is 11.4. The quantitative estimate of drug-likeness (QED) is 0.786. The third-order valence-corrected chi connectivity index (χ3v) is 4.35. The van der Waals surface area contributed by atoms with E-state index >= 15 is 0 Å². The summed E-state index contributed by atoms with van der Waals surface area (Å²) in [6.07, 6.45) is 3.27. The topological polar surface area (TPSA) is 9.23 Å². The number of methoxy groups -OCH3 is 1. The minimum atomic E-state index is 0.971. The molecule has 0 spiro atoms. The first-order valence-electron chi connectivity index (χ1n) is 5.98. The van der Waals surface area contributed by atoms with Gasteiger partial charge in [0.1, 0.15) is 5.75 Å². The van der Waals surface area contributed by atoms with E-state index in [-0.39, 0.29) is 0 Å². The summed E-state index contributed by atoms with van der Waals surface area (Å²) in [6.45, 7) is 0. The van der Waals surface area contributed by atoms with Gasteiger partial charge in [0.15, 0.2) is 0 Å². The molecule has 0 aromatic heterocycles. The lowest BCUT2D eigenvalue weighted by Gasteiger charge is -2.19. The van der Waals surface area contributed by atoms with E-state index in [0.29, 0.717) is 0 Å². The van der Waals surface area contributed by atoms with E-state index in [2.05, 4.69) is 42.5 Å². The summed E-state index contributed by atoms with van der Waals surface area (Å²) in [5.41, 5.74) is 2.62. The van der Waals surface area contributed by atoms with Crippen LogP contribution in [0.15, 0.2) is 59.5 Å². The van der Waals surface area contributed by atoms with Gasteiger partial charge in [-0.1, -0.05) is 60.3 Å². The van der Waals surface area contributed by atoms with Crippen LogP contribution in [0, 0.1) is 0 Å². The summed E-state index contributed by atoms with van der Waals surface area (Å²) < 4.78 is 5.45. The summed E-state index contributed by atoms with van der Waals surface area (Å²) in [5, 5.41) is 0. The van der Waals surface area contributed by atoms with E-state index in [1.54, 1.807) is 18.9 Å².